The van der Waals surface area contributed by atoms with Crippen molar-refractivity contribution < 1.29 is 9.53 Å². The molecule has 82 valence electrons. The standard InChI is InChI=1S/C10H18ClNO2/c1-10(2)4-8(10)9(13)12-7(5-11)6-14-3/h7-8H,4-6H2,1-3H3,(H,12,13). The Balaban J connectivity index is 2.33. The molecule has 14 heavy (non-hydrogen) atoms. The predicted molar refractivity (Wildman–Crippen MR) is 56.4 cm³/mol. The summed E-state index contributed by atoms with van der Waals surface area (Å²) in [6.45, 7) is 4.68. The van der Waals surface area contributed by atoms with Crippen LogP contribution >= 0.6 is 11.6 Å². The van der Waals surface area contributed by atoms with Crippen LogP contribution in [0.5, 0.6) is 0 Å². The summed E-state index contributed by atoms with van der Waals surface area (Å²) in [7, 11) is 1.60. The average Bonchev–Trinajstić information content (AvgIpc) is 2.74. The van der Waals surface area contributed by atoms with Crippen LogP contribution in [0.15, 0.2) is 0 Å². The first-order valence-electron chi connectivity index (χ1n) is 4.86. The molecule has 0 heterocycles. The number of halogens is 1. The largest absolute Gasteiger partial charge is 0.383 e. The molecular formula is C10H18ClNO2. The molecule has 2 atom stereocenters. The molecule has 0 radical (unpaired) electrons. The fourth-order valence-corrected chi connectivity index (χ4v) is 1.71. The molecule has 0 bridgehead atoms. The van der Waals surface area contributed by atoms with Gasteiger partial charge < -0.3 is 10.1 Å². The molecule has 0 aromatic heterocycles. The monoisotopic (exact) mass is 219 g/mol. The first kappa shape index (κ1) is 11.8. The Hall–Kier alpha value is -0.280. The van der Waals surface area contributed by atoms with Gasteiger partial charge in [-0.15, -0.1) is 11.6 Å². The van der Waals surface area contributed by atoms with E-state index in [1.807, 2.05) is 0 Å². The van der Waals surface area contributed by atoms with E-state index in [0.29, 0.717) is 12.5 Å². The maximum Gasteiger partial charge on any atom is 0.224 e. The van der Waals surface area contributed by atoms with Gasteiger partial charge >= 0.3 is 0 Å². The van der Waals surface area contributed by atoms with Crippen molar-refractivity contribution in [2.45, 2.75) is 26.3 Å². The normalized spacial score (nSPS) is 25.6. The van der Waals surface area contributed by atoms with E-state index in [1.165, 1.54) is 0 Å². The molecule has 1 amide bonds. The number of alkyl halides is 1. The van der Waals surface area contributed by atoms with E-state index in [-0.39, 0.29) is 23.3 Å². The highest BCUT2D eigenvalue weighted by Crippen LogP contribution is 2.51. The van der Waals surface area contributed by atoms with Gasteiger partial charge in [-0.05, 0) is 11.8 Å². The SMILES string of the molecule is COCC(CCl)NC(=O)C1CC1(C)C. The number of hydrogen-bond acceptors (Lipinski definition) is 2. The second-order valence-corrected chi connectivity index (χ2v) is 4.87. The number of nitrogens with one attached hydrogen (secondary N) is 1. The Labute approximate surface area is 90.1 Å². The van der Waals surface area contributed by atoms with Crippen LogP contribution in [-0.2, 0) is 9.53 Å². The molecule has 1 N–H and O–H groups in total. The summed E-state index contributed by atoms with van der Waals surface area (Å²) in [4.78, 5) is 11.6. The molecule has 4 heteroatoms. The van der Waals surface area contributed by atoms with Crippen LogP contribution in [0.3, 0.4) is 0 Å². The van der Waals surface area contributed by atoms with E-state index in [2.05, 4.69) is 19.2 Å². The molecular weight excluding hydrogens is 202 g/mol. The zero-order valence-electron chi connectivity index (χ0n) is 8.97. The van der Waals surface area contributed by atoms with E-state index < -0.39 is 0 Å². The lowest BCUT2D eigenvalue weighted by atomic mass is 10.1. The minimum absolute atomic E-state index is 0.0643. The minimum atomic E-state index is -0.0643. The summed E-state index contributed by atoms with van der Waals surface area (Å²) in [5, 5.41) is 2.89. The molecule has 1 rings (SSSR count). The maximum absolute atomic E-state index is 11.6. The van der Waals surface area contributed by atoms with Crippen LogP contribution < -0.4 is 5.32 Å². The smallest absolute Gasteiger partial charge is 0.224 e. The Morgan fingerprint density at radius 1 is 1.71 bits per heavy atom. The van der Waals surface area contributed by atoms with Crippen LogP contribution in [0, 0.1) is 11.3 Å². The molecule has 0 aromatic carbocycles. The van der Waals surface area contributed by atoms with Gasteiger partial charge in [0.2, 0.25) is 5.91 Å². The fourth-order valence-electron chi connectivity index (χ4n) is 1.54. The summed E-state index contributed by atoms with van der Waals surface area (Å²) in [5.41, 5.74) is 0.175. The number of ether oxygens (including phenoxy) is 1. The van der Waals surface area contributed by atoms with E-state index in [4.69, 9.17) is 16.3 Å². The van der Waals surface area contributed by atoms with Crippen LogP contribution in [0.2, 0.25) is 0 Å². The van der Waals surface area contributed by atoms with Crippen molar-refractivity contribution in [2.24, 2.45) is 11.3 Å². The van der Waals surface area contributed by atoms with Gasteiger partial charge in [-0.25, -0.2) is 0 Å². The van der Waals surface area contributed by atoms with Crippen molar-refractivity contribution in [1.29, 1.82) is 0 Å². The first-order chi connectivity index (χ1) is 6.51. The van der Waals surface area contributed by atoms with Gasteiger partial charge in [0.15, 0.2) is 0 Å². The molecule has 1 saturated carbocycles. The highest BCUT2D eigenvalue weighted by Gasteiger charge is 2.50. The first-order valence-corrected chi connectivity index (χ1v) is 5.40. The third kappa shape index (κ3) is 2.85. The lowest BCUT2D eigenvalue weighted by molar-refractivity contribution is -0.123. The summed E-state index contributed by atoms with van der Waals surface area (Å²) in [6.07, 6.45) is 0.973. The lowest BCUT2D eigenvalue weighted by Gasteiger charge is -2.15. The highest BCUT2D eigenvalue weighted by molar-refractivity contribution is 6.18. The molecule has 0 spiro atoms. The van der Waals surface area contributed by atoms with Crippen LogP contribution in [0.1, 0.15) is 20.3 Å². The number of methoxy groups -OCH3 is 1. The quantitative estimate of drug-likeness (QED) is 0.710. The Morgan fingerprint density at radius 3 is 2.64 bits per heavy atom. The maximum atomic E-state index is 11.6. The van der Waals surface area contributed by atoms with Crippen molar-refractivity contribution in [3.05, 3.63) is 0 Å². The van der Waals surface area contributed by atoms with E-state index in [1.54, 1.807) is 7.11 Å². The van der Waals surface area contributed by atoms with Gasteiger partial charge in [-0.2, -0.15) is 0 Å². The van der Waals surface area contributed by atoms with E-state index in [9.17, 15) is 4.79 Å². The number of hydrogen-bond donors (Lipinski definition) is 1. The van der Waals surface area contributed by atoms with Crippen molar-refractivity contribution in [1.82, 2.24) is 5.32 Å². The Bertz CT molecular complexity index is 218. The molecule has 1 aliphatic carbocycles. The summed E-state index contributed by atoms with van der Waals surface area (Å²) < 4.78 is 4.95. The summed E-state index contributed by atoms with van der Waals surface area (Å²) in [5.74, 6) is 0.662. The minimum Gasteiger partial charge on any atom is -0.383 e. The van der Waals surface area contributed by atoms with Crippen molar-refractivity contribution in [3.8, 4) is 0 Å². The molecule has 3 nitrogen and oxygen atoms in total. The van der Waals surface area contributed by atoms with Gasteiger partial charge in [0.05, 0.1) is 12.6 Å². The Kier molecular flexibility index (Phi) is 3.78. The van der Waals surface area contributed by atoms with Gasteiger partial charge in [0, 0.05) is 18.9 Å². The van der Waals surface area contributed by atoms with E-state index >= 15 is 0 Å². The van der Waals surface area contributed by atoms with Gasteiger partial charge in [0.1, 0.15) is 0 Å². The number of carbonyl (C=O) groups is 1. The molecule has 1 aliphatic rings. The van der Waals surface area contributed by atoms with Crippen LogP contribution in [-0.4, -0.2) is 31.5 Å². The van der Waals surface area contributed by atoms with Crippen LogP contribution in [0.4, 0.5) is 0 Å². The van der Waals surface area contributed by atoms with Crippen LogP contribution in [0.25, 0.3) is 0 Å². The molecule has 0 aliphatic heterocycles. The van der Waals surface area contributed by atoms with Gasteiger partial charge in [-0.1, -0.05) is 13.8 Å². The van der Waals surface area contributed by atoms with Crippen molar-refractivity contribution in [2.75, 3.05) is 19.6 Å². The topological polar surface area (TPSA) is 38.3 Å². The fraction of sp³-hybridized carbons (Fsp3) is 0.900. The molecule has 1 fully saturated rings. The number of carbonyl (C=O) groups excluding carboxylic acids is 1. The van der Waals surface area contributed by atoms with Crippen molar-refractivity contribution in [3.63, 3.8) is 0 Å². The lowest BCUT2D eigenvalue weighted by Crippen LogP contribution is -2.40. The summed E-state index contributed by atoms with van der Waals surface area (Å²) in [6, 6.07) is -0.0643. The highest BCUT2D eigenvalue weighted by atomic mass is 35.5. The average molecular weight is 220 g/mol. The zero-order valence-corrected chi connectivity index (χ0v) is 9.73. The molecule has 2 unspecified atom stereocenters. The zero-order chi connectivity index (χ0) is 10.8. The van der Waals surface area contributed by atoms with E-state index in [0.717, 1.165) is 6.42 Å². The third-order valence-electron chi connectivity index (χ3n) is 2.73. The van der Waals surface area contributed by atoms with Gasteiger partial charge in [0.25, 0.3) is 0 Å². The molecule has 0 aromatic rings. The van der Waals surface area contributed by atoms with Gasteiger partial charge in [-0.3, -0.25) is 4.79 Å². The second-order valence-electron chi connectivity index (χ2n) is 4.56. The molecule has 0 saturated heterocycles. The summed E-state index contributed by atoms with van der Waals surface area (Å²) >= 11 is 5.69. The Morgan fingerprint density at radius 2 is 2.29 bits per heavy atom. The number of rotatable bonds is 5. The number of amides is 1. The van der Waals surface area contributed by atoms with Crippen molar-refractivity contribution >= 4 is 17.5 Å². The second kappa shape index (κ2) is 4.49. The predicted octanol–water partition coefficient (Wildman–Crippen LogP) is 1.40. The third-order valence-corrected chi connectivity index (χ3v) is 3.10.